The van der Waals surface area contributed by atoms with Gasteiger partial charge in [-0.25, -0.2) is 0 Å². The number of aromatic nitrogens is 3. The summed E-state index contributed by atoms with van der Waals surface area (Å²) in [6.07, 6.45) is 3.69. The first-order valence-electron chi connectivity index (χ1n) is 6.57. The molecule has 0 bridgehead atoms. The van der Waals surface area contributed by atoms with Crippen molar-refractivity contribution in [3.05, 3.63) is 34.1 Å². The fraction of sp³-hybridized carbons (Fsp3) is 0.462. The van der Waals surface area contributed by atoms with Gasteiger partial charge in [0.25, 0.3) is 5.91 Å². The molecule has 0 unspecified atom stereocenters. The fourth-order valence-corrected chi connectivity index (χ4v) is 2.86. The molecule has 1 amide bonds. The van der Waals surface area contributed by atoms with Crippen molar-refractivity contribution in [2.75, 3.05) is 13.1 Å². The van der Waals surface area contributed by atoms with Gasteiger partial charge < -0.3 is 14.4 Å². The van der Waals surface area contributed by atoms with Crippen molar-refractivity contribution < 1.29 is 9.32 Å². The lowest BCUT2D eigenvalue weighted by atomic mass is 9.97. The third-order valence-electron chi connectivity index (χ3n) is 3.50. The fourth-order valence-electron chi connectivity index (χ4n) is 2.51. The van der Waals surface area contributed by atoms with Gasteiger partial charge in [-0.3, -0.25) is 4.79 Å². The summed E-state index contributed by atoms with van der Waals surface area (Å²) in [4.78, 5) is 21.5. The van der Waals surface area contributed by atoms with Crippen LogP contribution in [0.4, 0.5) is 0 Å². The summed E-state index contributed by atoms with van der Waals surface area (Å²) in [6, 6.07) is 1.80. The van der Waals surface area contributed by atoms with Crippen LogP contribution >= 0.6 is 15.9 Å². The highest BCUT2D eigenvalue weighted by Crippen LogP contribution is 2.26. The van der Waals surface area contributed by atoms with Crippen LogP contribution < -0.4 is 0 Å². The Morgan fingerprint density at radius 3 is 3.10 bits per heavy atom. The first-order chi connectivity index (χ1) is 9.63. The van der Waals surface area contributed by atoms with E-state index < -0.39 is 0 Å². The predicted molar refractivity (Wildman–Crippen MR) is 75.4 cm³/mol. The van der Waals surface area contributed by atoms with Crippen molar-refractivity contribution in [2.45, 2.75) is 25.7 Å². The first kappa shape index (κ1) is 13.4. The molecule has 1 aliphatic rings. The molecule has 6 nitrogen and oxygen atoms in total. The zero-order chi connectivity index (χ0) is 14.1. The van der Waals surface area contributed by atoms with Crippen LogP contribution in [-0.2, 0) is 0 Å². The standard InChI is InChI=1S/C13H15BrN4O2/c1-8-16-12(17-20-8)9-3-2-4-18(7-9)13(19)11-5-10(14)6-15-11/h5-6,9,15H,2-4,7H2,1H3/t9-/m1/s1. The molecule has 0 spiro atoms. The highest BCUT2D eigenvalue weighted by Gasteiger charge is 2.28. The van der Waals surface area contributed by atoms with Gasteiger partial charge >= 0.3 is 0 Å². The minimum atomic E-state index is 0.0145. The number of carbonyl (C=O) groups is 1. The Balaban J connectivity index is 1.73. The third kappa shape index (κ3) is 2.63. The normalized spacial score (nSPS) is 19.3. The molecule has 7 heteroatoms. The maximum atomic E-state index is 12.4. The monoisotopic (exact) mass is 338 g/mol. The lowest BCUT2D eigenvalue weighted by Crippen LogP contribution is -2.39. The average Bonchev–Trinajstić information content (AvgIpc) is 3.07. The van der Waals surface area contributed by atoms with Gasteiger partial charge in [-0.2, -0.15) is 4.98 Å². The van der Waals surface area contributed by atoms with Gasteiger partial charge in [0.15, 0.2) is 5.82 Å². The molecule has 1 atom stereocenters. The Bertz CT molecular complexity index is 621. The summed E-state index contributed by atoms with van der Waals surface area (Å²) in [7, 11) is 0. The topological polar surface area (TPSA) is 75.0 Å². The van der Waals surface area contributed by atoms with Crippen LogP contribution in [0.5, 0.6) is 0 Å². The molecule has 2 aromatic heterocycles. The van der Waals surface area contributed by atoms with E-state index in [1.807, 2.05) is 4.90 Å². The molecule has 20 heavy (non-hydrogen) atoms. The van der Waals surface area contributed by atoms with Gasteiger partial charge in [-0.05, 0) is 34.8 Å². The molecule has 1 saturated heterocycles. The van der Waals surface area contributed by atoms with E-state index in [4.69, 9.17) is 4.52 Å². The highest BCUT2D eigenvalue weighted by molar-refractivity contribution is 9.10. The van der Waals surface area contributed by atoms with Gasteiger partial charge in [0.2, 0.25) is 5.89 Å². The number of H-pyrrole nitrogens is 1. The maximum Gasteiger partial charge on any atom is 0.270 e. The summed E-state index contributed by atoms with van der Waals surface area (Å²) in [5.41, 5.74) is 0.599. The number of aryl methyl sites for hydroxylation is 1. The first-order valence-corrected chi connectivity index (χ1v) is 7.36. The Morgan fingerprint density at radius 1 is 1.60 bits per heavy atom. The second kappa shape index (κ2) is 5.40. The Morgan fingerprint density at radius 2 is 2.45 bits per heavy atom. The van der Waals surface area contributed by atoms with Crippen molar-refractivity contribution in [3.63, 3.8) is 0 Å². The van der Waals surface area contributed by atoms with E-state index >= 15 is 0 Å². The minimum absolute atomic E-state index is 0.0145. The number of piperidine rings is 1. The average molecular weight is 339 g/mol. The van der Waals surface area contributed by atoms with Crippen molar-refractivity contribution in [1.29, 1.82) is 0 Å². The van der Waals surface area contributed by atoms with Gasteiger partial charge in [0, 0.05) is 36.6 Å². The number of carbonyl (C=O) groups excluding carboxylic acids is 1. The summed E-state index contributed by atoms with van der Waals surface area (Å²) >= 11 is 3.34. The molecule has 3 heterocycles. The zero-order valence-corrected chi connectivity index (χ0v) is 12.7. The summed E-state index contributed by atoms with van der Waals surface area (Å²) in [5.74, 6) is 1.44. The quantitative estimate of drug-likeness (QED) is 0.912. The lowest BCUT2D eigenvalue weighted by Gasteiger charge is -2.30. The van der Waals surface area contributed by atoms with Crippen molar-refractivity contribution in [1.82, 2.24) is 20.0 Å². The van der Waals surface area contributed by atoms with Gasteiger partial charge in [0.1, 0.15) is 5.69 Å². The van der Waals surface area contributed by atoms with E-state index in [0.717, 1.165) is 23.9 Å². The minimum Gasteiger partial charge on any atom is -0.356 e. The summed E-state index contributed by atoms with van der Waals surface area (Å²) in [5, 5.41) is 3.97. The summed E-state index contributed by atoms with van der Waals surface area (Å²) < 4.78 is 5.90. The molecule has 3 rings (SSSR count). The molecule has 0 radical (unpaired) electrons. The maximum absolute atomic E-state index is 12.4. The molecule has 0 aliphatic carbocycles. The second-order valence-electron chi connectivity index (χ2n) is 4.99. The van der Waals surface area contributed by atoms with E-state index in [2.05, 4.69) is 31.1 Å². The Labute approximate surface area is 124 Å². The number of hydrogen-bond acceptors (Lipinski definition) is 4. The second-order valence-corrected chi connectivity index (χ2v) is 5.91. The van der Waals surface area contributed by atoms with Crippen LogP contribution in [0.15, 0.2) is 21.3 Å². The molecule has 0 saturated carbocycles. The van der Waals surface area contributed by atoms with Crippen LogP contribution in [0, 0.1) is 6.92 Å². The molecule has 2 aromatic rings. The van der Waals surface area contributed by atoms with Crippen molar-refractivity contribution in [2.24, 2.45) is 0 Å². The molecule has 0 aromatic carbocycles. The molecule has 1 fully saturated rings. The SMILES string of the molecule is Cc1nc([C@@H]2CCCN(C(=O)c3cc(Br)c[nH]3)C2)no1. The van der Waals surface area contributed by atoms with Crippen LogP contribution in [0.2, 0.25) is 0 Å². The predicted octanol–water partition coefficient (Wildman–Crippen LogP) is 2.49. The van der Waals surface area contributed by atoms with Crippen LogP contribution in [0.3, 0.4) is 0 Å². The van der Waals surface area contributed by atoms with E-state index in [1.165, 1.54) is 0 Å². The lowest BCUT2D eigenvalue weighted by molar-refractivity contribution is 0.0698. The summed E-state index contributed by atoms with van der Waals surface area (Å²) in [6.45, 7) is 3.18. The van der Waals surface area contributed by atoms with E-state index in [-0.39, 0.29) is 11.8 Å². The number of halogens is 1. The van der Waals surface area contributed by atoms with Crippen LogP contribution in [0.1, 0.15) is 41.0 Å². The molecule has 1 N–H and O–H groups in total. The van der Waals surface area contributed by atoms with E-state index in [9.17, 15) is 4.79 Å². The number of hydrogen-bond donors (Lipinski definition) is 1. The Kier molecular flexibility index (Phi) is 3.60. The number of rotatable bonds is 2. The largest absolute Gasteiger partial charge is 0.356 e. The molecule has 1 aliphatic heterocycles. The smallest absolute Gasteiger partial charge is 0.270 e. The highest BCUT2D eigenvalue weighted by atomic mass is 79.9. The number of amides is 1. The van der Waals surface area contributed by atoms with Crippen LogP contribution in [0.25, 0.3) is 0 Å². The number of likely N-dealkylation sites (tertiary alicyclic amines) is 1. The van der Waals surface area contributed by atoms with Crippen molar-refractivity contribution in [3.8, 4) is 0 Å². The Hall–Kier alpha value is -1.63. The number of aromatic amines is 1. The van der Waals surface area contributed by atoms with E-state index in [1.54, 1.807) is 19.2 Å². The molecular formula is C13H15BrN4O2. The zero-order valence-electron chi connectivity index (χ0n) is 11.1. The van der Waals surface area contributed by atoms with Crippen LogP contribution in [-0.4, -0.2) is 39.0 Å². The van der Waals surface area contributed by atoms with Crippen molar-refractivity contribution >= 4 is 21.8 Å². The third-order valence-corrected chi connectivity index (χ3v) is 3.95. The number of nitrogens with one attached hydrogen (secondary N) is 1. The molecule has 106 valence electrons. The number of nitrogens with zero attached hydrogens (tertiary/aromatic N) is 3. The molecular weight excluding hydrogens is 324 g/mol. The van der Waals surface area contributed by atoms with Gasteiger partial charge in [-0.15, -0.1) is 0 Å². The van der Waals surface area contributed by atoms with E-state index in [0.29, 0.717) is 24.0 Å². The van der Waals surface area contributed by atoms with Gasteiger partial charge in [-0.1, -0.05) is 5.16 Å². The van der Waals surface area contributed by atoms with Gasteiger partial charge in [0.05, 0.1) is 0 Å².